The number of carbonyl (C=O) groups is 3. The summed E-state index contributed by atoms with van der Waals surface area (Å²) in [6, 6.07) is 15.6. The van der Waals surface area contributed by atoms with Gasteiger partial charge in [0, 0.05) is 11.6 Å². The molecule has 1 fully saturated rings. The summed E-state index contributed by atoms with van der Waals surface area (Å²) in [4.78, 5) is 36.5. The third kappa shape index (κ3) is 4.14. The van der Waals surface area contributed by atoms with E-state index < -0.39 is 11.9 Å². The minimum Gasteiger partial charge on any atom is -0.478 e. The largest absolute Gasteiger partial charge is 0.478 e. The van der Waals surface area contributed by atoms with Crippen molar-refractivity contribution in [3.63, 3.8) is 0 Å². The number of carboxylic acids is 2. The molecular weight excluding hydrogens is 438 g/mol. The molecule has 2 N–H and O–H groups in total. The maximum atomic E-state index is 12.9. The van der Waals surface area contributed by atoms with Crippen molar-refractivity contribution in [3.8, 4) is 11.3 Å². The summed E-state index contributed by atoms with van der Waals surface area (Å²) in [6.07, 6.45) is 1.58. The number of furan rings is 1. The number of anilines is 1. The molecule has 0 unspecified atom stereocenters. The number of carbonyl (C=O) groups excluding carboxylic acids is 1. The van der Waals surface area contributed by atoms with Crippen LogP contribution < -0.4 is 4.90 Å². The van der Waals surface area contributed by atoms with Crippen LogP contribution >= 0.6 is 24.0 Å². The topological polar surface area (TPSA) is 108 Å². The first kappa shape index (κ1) is 20.6. The van der Waals surface area contributed by atoms with E-state index in [0.29, 0.717) is 32.0 Å². The number of benzene rings is 2. The van der Waals surface area contributed by atoms with Gasteiger partial charge in [-0.05, 0) is 48.5 Å². The second kappa shape index (κ2) is 8.21. The summed E-state index contributed by atoms with van der Waals surface area (Å²) in [6.45, 7) is 0. The zero-order chi connectivity index (χ0) is 22.1. The van der Waals surface area contributed by atoms with Crippen LogP contribution in [0.1, 0.15) is 26.5 Å². The molecule has 2 aromatic carbocycles. The fourth-order valence-corrected chi connectivity index (χ4v) is 4.21. The standard InChI is InChI=1S/C22H13NO6S2/c24-19-18(31-22(30)23(19)15-7-5-14(6-8-15)21(27)28)11-16-9-10-17(29-16)12-1-3-13(4-2-12)20(25)26/h1-11H,(H,25,26)(H,27,28). The predicted molar refractivity (Wildman–Crippen MR) is 120 cm³/mol. The van der Waals surface area contributed by atoms with Crippen LogP contribution in [-0.2, 0) is 4.79 Å². The highest BCUT2D eigenvalue weighted by Crippen LogP contribution is 2.36. The summed E-state index contributed by atoms with van der Waals surface area (Å²) in [5.41, 5.74) is 1.48. The minimum absolute atomic E-state index is 0.115. The lowest BCUT2D eigenvalue weighted by Gasteiger charge is -2.14. The molecule has 7 nitrogen and oxygen atoms in total. The Balaban J connectivity index is 1.56. The molecule has 0 atom stereocenters. The van der Waals surface area contributed by atoms with Crippen LogP contribution in [0.5, 0.6) is 0 Å². The maximum absolute atomic E-state index is 12.9. The second-order valence-electron chi connectivity index (χ2n) is 6.45. The van der Waals surface area contributed by atoms with Gasteiger partial charge in [0.05, 0.1) is 21.7 Å². The summed E-state index contributed by atoms with van der Waals surface area (Å²) in [7, 11) is 0. The molecule has 154 valence electrons. The Bertz CT molecular complexity index is 1240. The molecule has 0 bridgehead atoms. The maximum Gasteiger partial charge on any atom is 0.335 e. The first-order valence-corrected chi connectivity index (χ1v) is 10.1. The average molecular weight is 451 g/mol. The lowest BCUT2D eigenvalue weighted by molar-refractivity contribution is -0.113. The van der Waals surface area contributed by atoms with E-state index in [1.165, 1.54) is 41.3 Å². The Morgan fingerprint density at radius 1 is 0.903 bits per heavy atom. The number of amides is 1. The molecule has 1 aliphatic heterocycles. The molecule has 9 heteroatoms. The zero-order valence-electron chi connectivity index (χ0n) is 15.6. The van der Waals surface area contributed by atoms with Crippen molar-refractivity contribution >= 4 is 57.9 Å². The lowest BCUT2D eigenvalue weighted by Crippen LogP contribution is -2.27. The molecule has 4 rings (SSSR count). The summed E-state index contributed by atoms with van der Waals surface area (Å²) < 4.78 is 6.11. The number of hydrogen-bond donors (Lipinski definition) is 2. The van der Waals surface area contributed by atoms with Crippen molar-refractivity contribution in [2.75, 3.05) is 4.90 Å². The van der Waals surface area contributed by atoms with Crippen LogP contribution in [0.25, 0.3) is 17.4 Å². The van der Waals surface area contributed by atoms with Gasteiger partial charge in [0.2, 0.25) is 0 Å². The van der Waals surface area contributed by atoms with Crippen molar-refractivity contribution in [1.82, 2.24) is 0 Å². The third-order valence-corrected chi connectivity index (χ3v) is 5.78. The zero-order valence-corrected chi connectivity index (χ0v) is 17.3. The molecule has 0 radical (unpaired) electrons. The molecule has 0 spiro atoms. The van der Waals surface area contributed by atoms with Gasteiger partial charge in [-0.15, -0.1) is 0 Å². The van der Waals surface area contributed by atoms with E-state index in [9.17, 15) is 14.4 Å². The van der Waals surface area contributed by atoms with E-state index in [2.05, 4.69) is 0 Å². The molecule has 2 heterocycles. The summed E-state index contributed by atoms with van der Waals surface area (Å²) >= 11 is 6.44. The Kier molecular flexibility index (Phi) is 5.45. The molecule has 31 heavy (non-hydrogen) atoms. The van der Waals surface area contributed by atoms with Gasteiger partial charge < -0.3 is 14.6 Å². The van der Waals surface area contributed by atoms with Crippen LogP contribution in [0.15, 0.2) is 70.0 Å². The summed E-state index contributed by atoms with van der Waals surface area (Å²) in [5, 5.41) is 18.0. The number of rotatable bonds is 5. The van der Waals surface area contributed by atoms with Gasteiger partial charge >= 0.3 is 11.9 Å². The molecule has 1 amide bonds. The van der Waals surface area contributed by atoms with E-state index in [4.69, 9.17) is 26.8 Å². The van der Waals surface area contributed by atoms with Crippen molar-refractivity contribution in [3.05, 3.63) is 82.5 Å². The molecule has 3 aromatic rings. The quantitative estimate of drug-likeness (QED) is 0.423. The van der Waals surface area contributed by atoms with Gasteiger partial charge in [0.15, 0.2) is 4.32 Å². The minimum atomic E-state index is -1.05. The Hall–Kier alpha value is -3.69. The SMILES string of the molecule is O=C(O)c1ccc(-c2ccc(C=C3SC(=S)N(c4ccc(C(=O)O)cc4)C3=O)o2)cc1. The van der Waals surface area contributed by atoms with Crippen LogP contribution in [0.4, 0.5) is 5.69 Å². The third-order valence-electron chi connectivity index (χ3n) is 4.48. The van der Waals surface area contributed by atoms with Gasteiger partial charge in [-0.1, -0.05) is 36.1 Å². The number of aromatic carboxylic acids is 2. The molecule has 0 aliphatic carbocycles. The number of hydrogen-bond acceptors (Lipinski definition) is 6. The van der Waals surface area contributed by atoms with Crippen LogP contribution in [0.3, 0.4) is 0 Å². The van der Waals surface area contributed by atoms with E-state index in [0.717, 1.165) is 11.8 Å². The normalized spacial score (nSPS) is 15.0. The van der Waals surface area contributed by atoms with Gasteiger partial charge in [0.1, 0.15) is 11.5 Å². The molecule has 1 aromatic heterocycles. The Morgan fingerprint density at radius 2 is 1.48 bits per heavy atom. The highest BCUT2D eigenvalue weighted by atomic mass is 32.2. The fraction of sp³-hybridized carbons (Fsp3) is 0. The molecule has 1 aliphatic rings. The Morgan fingerprint density at radius 3 is 2.06 bits per heavy atom. The fourth-order valence-electron chi connectivity index (χ4n) is 2.94. The number of nitrogens with zero attached hydrogens (tertiary/aromatic N) is 1. The highest BCUT2D eigenvalue weighted by molar-refractivity contribution is 8.27. The van der Waals surface area contributed by atoms with E-state index in [1.54, 1.807) is 30.3 Å². The Labute approximate surface area is 185 Å². The van der Waals surface area contributed by atoms with Gasteiger partial charge in [-0.3, -0.25) is 9.69 Å². The molecule has 1 saturated heterocycles. The van der Waals surface area contributed by atoms with Crippen LogP contribution in [-0.4, -0.2) is 32.4 Å². The van der Waals surface area contributed by atoms with Crippen molar-refractivity contribution < 1.29 is 29.0 Å². The van der Waals surface area contributed by atoms with Gasteiger partial charge in [-0.2, -0.15) is 0 Å². The van der Waals surface area contributed by atoms with Gasteiger partial charge in [0.25, 0.3) is 5.91 Å². The first-order valence-electron chi connectivity index (χ1n) is 8.88. The molecular formula is C22H13NO6S2. The predicted octanol–water partition coefficient (Wildman–Crippen LogP) is 4.75. The number of carboxylic acid groups (broad SMARTS) is 2. The van der Waals surface area contributed by atoms with Crippen molar-refractivity contribution in [1.29, 1.82) is 0 Å². The average Bonchev–Trinajstić information content (AvgIpc) is 3.32. The van der Waals surface area contributed by atoms with E-state index in [1.807, 2.05) is 0 Å². The monoisotopic (exact) mass is 451 g/mol. The number of thiocarbonyl (C=S) groups is 1. The smallest absolute Gasteiger partial charge is 0.335 e. The first-order chi connectivity index (χ1) is 14.8. The number of thioether (sulfide) groups is 1. The van der Waals surface area contributed by atoms with Crippen LogP contribution in [0, 0.1) is 0 Å². The van der Waals surface area contributed by atoms with Crippen molar-refractivity contribution in [2.24, 2.45) is 0 Å². The van der Waals surface area contributed by atoms with Crippen LogP contribution in [0.2, 0.25) is 0 Å². The van der Waals surface area contributed by atoms with E-state index in [-0.39, 0.29) is 17.0 Å². The van der Waals surface area contributed by atoms with E-state index >= 15 is 0 Å². The van der Waals surface area contributed by atoms with Crippen molar-refractivity contribution in [2.45, 2.75) is 0 Å². The molecule has 0 saturated carbocycles. The summed E-state index contributed by atoms with van der Waals surface area (Å²) in [5.74, 6) is -1.42. The lowest BCUT2D eigenvalue weighted by atomic mass is 10.1. The highest BCUT2D eigenvalue weighted by Gasteiger charge is 2.33. The second-order valence-corrected chi connectivity index (χ2v) is 8.13. The van der Waals surface area contributed by atoms with Gasteiger partial charge in [-0.25, -0.2) is 9.59 Å².